The second-order valence-electron chi connectivity index (χ2n) is 4.23. The van der Waals surface area contributed by atoms with Crippen LogP contribution in [0.2, 0.25) is 5.02 Å². The van der Waals surface area contributed by atoms with Gasteiger partial charge in [0.15, 0.2) is 0 Å². The van der Waals surface area contributed by atoms with Gasteiger partial charge in [0.1, 0.15) is 17.2 Å². The Morgan fingerprint density at radius 1 is 1.38 bits per heavy atom. The van der Waals surface area contributed by atoms with Crippen LogP contribution in [0.1, 0.15) is 25.7 Å². The van der Waals surface area contributed by atoms with Crippen molar-refractivity contribution in [1.82, 2.24) is 0 Å². The first-order valence-electron chi connectivity index (χ1n) is 5.40. The van der Waals surface area contributed by atoms with Crippen molar-refractivity contribution >= 4 is 11.6 Å². The van der Waals surface area contributed by atoms with E-state index in [4.69, 9.17) is 16.3 Å². The van der Waals surface area contributed by atoms with Crippen molar-refractivity contribution < 1.29 is 14.2 Å². The van der Waals surface area contributed by atoms with E-state index in [2.05, 4.69) is 0 Å². The molecule has 16 heavy (non-hydrogen) atoms. The van der Waals surface area contributed by atoms with Crippen molar-refractivity contribution in [3.05, 3.63) is 29.0 Å². The molecule has 2 rings (SSSR count). The number of hydrogen-bond acceptors (Lipinski definition) is 2. The zero-order valence-electron chi connectivity index (χ0n) is 8.88. The Labute approximate surface area is 99.0 Å². The molecule has 0 aliphatic heterocycles. The predicted molar refractivity (Wildman–Crippen MR) is 60.3 cm³/mol. The second kappa shape index (κ2) is 4.60. The molecule has 1 aliphatic rings. The standard InChI is InChI=1S/C12H14ClFO2/c13-10-7-9(14)3-4-11(10)16-12(8-15)5-1-2-6-12/h3-4,7,15H,1-2,5-6,8H2. The highest BCUT2D eigenvalue weighted by Crippen LogP contribution is 2.36. The van der Waals surface area contributed by atoms with Gasteiger partial charge >= 0.3 is 0 Å². The monoisotopic (exact) mass is 244 g/mol. The molecule has 4 heteroatoms. The Balaban J connectivity index is 2.19. The fourth-order valence-corrected chi connectivity index (χ4v) is 2.31. The van der Waals surface area contributed by atoms with Crippen molar-refractivity contribution in [2.45, 2.75) is 31.3 Å². The molecule has 88 valence electrons. The molecule has 0 heterocycles. The van der Waals surface area contributed by atoms with Crippen LogP contribution in [0.3, 0.4) is 0 Å². The van der Waals surface area contributed by atoms with Crippen LogP contribution in [-0.2, 0) is 0 Å². The van der Waals surface area contributed by atoms with Crippen LogP contribution in [0, 0.1) is 5.82 Å². The van der Waals surface area contributed by atoms with E-state index in [-0.39, 0.29) is 17.4 Å². The van der Waals surface area contributed by atoms with Gasteiger partial charge < -0.3 is 9.84 Å². The predicted octanol–water partition coefficient (Wildman–Crippen LogP) is 3.16. The van der Waals surface area contributed by atoms with Crippen molar-refractivity contribution in [3.63, 3.8) is 0 Å². The van der Waals surface area contributed by atoms with Crippen LogP contribution in [0.4, 0.5) is 4.39 Å². The Kier molecular flexibility index (Phi) is 3.36. The Morgan fingerprint density at radius 2 is 2.06 bits per heavy atom. The van der Waals surface area contributed by atoms with E-state index in [9.17, 15) is 9.50 Å². The normalized spacial score (nSPS) is 18.7. The van der Waals surface area contributed by atoms with Crippen molar-refractivity contribution in [2.75, 3.05) is 6.61 Å². The summed E-state index contributed by atoms with van der Waals surface area (Å²) >= 11 is 5.88. The lowest BCUT2D eigenvalue weighted by atomic mass is 10.0. The van der Waals surface area contributed by atoms with Crippen LogP contribution < -0.4 is 4.74 Å². The van der Waals surface area contributed by atoms with Gasteiger partial charge in [-0.3, -0.25) is 0 Å². The van der Waals surface area contributed by atoms with Gasteiger partial charge in [-0.2, -0.15) is 0 Å². The molecule has 0 aromatic heterocycles. The zero-order valence-corrected chi connectivity index (χ0v) is 9.63. The summed E-state index contributed by atoms with van der Waals surface area (Å²) in [5.41, 5.74) is -0.526. The van der Waals surface area contributed by atoms with Gasteiger partial charge in [-0.1, -0.05) is 11.6 Å². The molecule has 0 atom stereocenters. The first-order chi connectivity index (χ1) is 7.65. The number of aliphatic hydroxyl groups is 1. The summed E-state index contributed by atoms with van der Waals surface area (Å²) in [6.07, 6.45) is 3.72. The summed E-state index contributed by atoms with van der Waals surface area (Å²) in [5, 5.41) is 9.63. The summed E-state index contributed by atoms with van der Waals surface area (Å²) in [6, 6.07) is 4.03. The molecular formula is C12H14ClFO2. The molecule has 1 aromatic rings. The van der Waals surface area contributed by atoms with E-state index in [0.717, 1.165) is 25.7 Å². The smallest absolute Gasteiger partial charge is 0.139 e. The van der Waals surface area contributed by atoms with Gasteiger partial charge in [0, 0.05) is 0 Å². The minimum atomic E-state index is -0.526. The third-order valence-electron chi connectivity index (χ3n) is 3.02. The average molecular weight is 245 g/mol. The van der Waals surface area contributed by atoms with E-state index in [0.29, 0.717) is 5.75 Å². The largest absolute Gasteiger partial charge is 0.483 e. The molecule has 0 spiro atoms. The topological polar surface area (TPSA) is 29.5 Å². The minimum absolute atomic E-state index is 0.0271. The quantitative estimate of drug-likeness (QED) is 0.885. The number of aliphatic hydroxyl groups excluding tert-OH is 1. The average Bonchev–Trinajstić information content (AvgIpc) is 2.72. The van der Waals surface area contributed by atoms with Gasteiger partial charge in [-0.25, -0.2) is 4.39 Å². The highest BCUT2D eigenvalue weighted by atomic mass is 35.5. The second-order valence-corrected chi connectivity index (χ2v) is 4.63. The lowest BCUT2D eigenvalue weighted by Gasteiger charge is -2.28. The van der Waals surface area contributed by atoms with Crippen molar-refractivity contribution in [2.24, 2.45) is 0 Å². The molecule has 0 unspecified atom stereocenters. The zero-order chi connectivity index (χ0) is 11.6. The summed E-state index contributed by atoms with van der Waals surface area (Å²) in [4.78, 5) is 0. The van der Waals surface area contributed by atoms with E-state index in [1.54, 1.807) is 0 Å². The van der Waals surface area contributed by atoms with Gasteiger partial charge in [0.2, 0.25) is 0 Å². The van der Waals surface area contributed by atoms with Crippen LogP contribution in [0.5, 0.6) is 5.75 Å². The van der Waals surface area contributed by atoms with Crippen LogP contribution >= 0.6 is 11.6 Å². The third kappa shape index (κ3) is 2.30. The first-order valence-corrected chi connectivity index (χ1v) is 5.78. The fourth-order valence-electron chi connectivity index (χ4n) is 2.10. The fraction of sp³-hybridized carbons (Fsp3) is 0.500. The van der Waals surface area contributed by atoms with Crippen molar-refractivity contribution in [1.29, 1.82) is 0 Å². The summed E-state index contributed by atoms with van der Waals surface area (Å²) in [6.45, 7) is -0.0271. The minimum Gasteiger partial charge on any atom is -0.483 e. The Hall–Kier alpha value is -0.800. The maximum Gasteiger partial charge on any atom is 0.139 e. The molecule has 1 aromatic carbocycles. The summed E-state index contributed by atoms with van der Waals surface area (Å²) in [7, 11) is 0. The first kappa shape index (κ1) is 11.7. The maximum atomic E-state index is 12.8. The molecule has 0 radical (unpaired) electrons. The van der Waals surface area contributed by atoms with Gasteiger partial charge in [0.25, 0.3) is 0 Å². The third-order valence-corrected chi connectivity index (χ3v) is 3.32. The number of halogens is 2. The number of ether oxygens (including phenoxy) is 1. The van der Waals surface area contributed by atoms with Gasteiger partial charge in [0.05, 0.1) is 11.6 Å². The number of rotatable bonds is 3. The van der Waals surface area contributed by atoms with Gasteiger partial charge in [-0.05, 0) is 43.9 Å². The van der Waals surface area contributed by atoms with E-state index in [1.165, 1.54) is 18.2 Å². The molecule has 0 bridgehead atoms. The highest BCUT2D eigenvalue weighted by Gasteiger charge is 2.35. The van der Waals surface area contributed by atoms with Crippen LogP contribution in [-0.4, -0.2) is 17.3 Å². The lowest BCUT2D eigenvalue weighted by molar-refractivity contribution is 0.0152. The van der Waals surface area contributed by atoms with E-state index < -0.39 is 5.60 Å². The van der Waals surface area contributed by atoms with Crippen molar-refractivity contribution in [3.8, 4) is 5.75 Å². The molecule has 0 amide bonds. The Bertz CT molecular complexity index is 375. The summed E-state index contributed by atoms with van der Waals surface area (Å²) < 4.78 is 18.6. The molecule has 1 N–H and O–H groups in total. The highest BCUT2D eigenvalue weighted by molar-refractivity contribution is 6.32. The van der Waals surface area contributed by atoms with E-state index >= 15 is 0 Å². The van der Waals surface area contributed by atoms with Gasteiger partial charge in [-0.15, -0.1) is 0 Å². The molecule has 1 aliphatic carbocycles. The number of benzene rings is 1. The molecule has 1 saturated carbocycles. The van der Waals surface area contributed by atoms with Crippen LogP contribution in [0.25, 0.3) is 0 Å². The number of hydrogen-bond donors (Lipinski definition) is 1. The maximum absolute atomic E-state index is 12.8. The Morgan fingerprint density at radius 3 is 2.62 bits per heavy atom. The molecule has 1 fully saturated rings. The van der Waals surface area contributed by atoms with Crippen LogP contribution in [0.15, 0.2) is 18.2 Å². The molecule has 0 saturated heterocycles. The SMILES string of the molecule is OCC1(Oc2ccc(F)cc2Cl)CCCC1. The molecular weight excluding hydrogens is 231 g/mol. The lowest BCUT2D eigenvalue weighted by Crippen LogP contribution is -2.36. The van der Waals surface area contributed by atoms with E-state index in [1.807, 2.05) is 0 Å². The molecule has 2 nitrogen and oxygen atoms in total. The summed E-state index contributed by atoms with van der Waals surface area (Å²) in [5.74, 6) is 0.0563.